The van der Waals surface area contributed by atoms with Crippen molar-refractivity contribution in [2.24, 2.45) is 0 Å². The number of hydrogen-bond acceptors (Lipinski definition) is 6. The average molecular weight is 709 g/mol. The van der Waals surface area contributed by atoms with Crippen LogP contribution < -0.4 is 10.6 Å². The average Bonchev–Trinajstić information content (AvgIpc) is 3.67. The molecule has 6 N–H and O–H groups in total. The van der Waals surface area contributed by atoms with E-state index in [-0.39, 0.29) is 35.2 Å². The third-order valence-corrected chi connectivity index (χ3v) is 11.5. The maximum Gasteiger partial charge on any atom is 0.303 e. The van der Waals surface area contributed by atoms with Gasteiger partial charge in [0.1, 0.15) is 0 Å². The lowest BCUT2D eigenvalue weighted by Crippen LogP contribution is -2.20. The predicted molar refractivity (Wildman–Crippen MR) is 199 cm³/mol. The van der Waals surface area contributed by atoms with Crippen molar-refractivity contribution in [2.75, 3.05) is 11.5 Å². The largest absolute Gasteiger partial charge is 0.481 e. The molecular formula is C37H48N4O6S2. The van der Waals surface area contributed by atoms with Crippen LogP contribution in [0.5, 0.6) is 0 Å². The molecule has 264 valence electrons. The zero-order valence-corrected chi connectivity index (χ0v) is 31.2. The molecule has 10 nitrogen and oxygen atoms in total. The Morgan fingerprint density at radius 3 is 1.39 bits per heavy atom. The van der Waals surface area contributed by atoms with Gasteiger partial charge in [-0.2, -0.15) is 23.5 Å². The van der Waals surface area contributed by atoms with Gasteiger partial charge in [0.15, 0.2) is 0 Å². The summed E-state index contributed by atoms with van der Waals surface area (Å²) in [6.45, 7) is 16.0. The lowest BCUT2D eigenvalue weighted by molar-refractivity contribution is -0.138. The van der Waals surface area contributed by atoms with Crippen molar-refractivity contribution in [1.82, 2.24) is 20.6 Å². The number of H-pyrrole nitrogens is 2. The molecule has 0 bridgehead atoms. The lowest BCUT2D eigenvalue weighted by atomic mass is 9.98. The van der Waals surface area contributed by atoms with Gasteiger partial charge in [-0.05, 0) is 111 Å². The van der Waals surface area contributed by atoms with Gasteiger partial charge in [0.2, 0.25) is 0 Å². The third-order valence-electron chi connectivity index (χ3n) is 9.37. The smallest absolute Gasteiger partial charge is 0.303 e. The van der Waals surface area contributed by atoms with E-state index < -0.39 is 11.9 Å². The van der Waals surface area contributed by atoms with E-state index in [4.69, 9.17) is 0 Å². The number of aromatic nitrogens is 2. The topological polar surface area (TPSA) is 164 Å². The van der Waals surface area contributed by atoms with Gasteiger partial charge in [0, 0.05) is 75.1 Å². The van der Waals surface area contributed by atoms with Crippen LogP contribution in [0.1, 0.15) is 99.4 Å². The van der Waals surface area contributed by atoms with Crippen LogP contribution in [0.25, 0.3) is 12.2 Å². The number of nitrogens with one attached hydrogen (secondary N) is 4. The van der Waals surface area contributed by atoms with Crippen LogP contribution in [0.3, 0.4) is 0 Å². The fraction of sp³-hybridized carbons (Fsp3) is 0.459. The molecular weight excluding hydrogens is 661 g/mol. The number of amides is 2. The molecule has 2 aliphatic heterocycles. The Hall–Kier alpha value is -3.90. The summed E-state index contributed by atoms with van der Waals surface area (Å²) in [7, 11) is 0. The predicted octanol–water partition coefficient (Wildman–Crippen LogP) is 6.44. The van der Waals surface area contributed by atoms with E-state index in [0.717, 1.165) is 78.8 Å². The van der Waals surface area contributed by atoms with Crippen molar-refractivity contribution >= 4 is 59.4 Å². The summed E-state index contributed by atoms with van der Waals surface area (Å²) >= 11 is 3.42. The van der Waals surface area contributed by atoms with Crippen molar-refractivity contribution < 1.29 is 29.4 Å². The van der Waals surface area contributed by atoms with E-state index >= 15 is 0 Å². The van der Waals surface area contributed by atoms with E-state index in [1.807, 2.05) is 53.7 Å². The number of rotatable bonds is 16. The van der Waals surface area contributed by atoms with E-state index in [9.17, 15) is 29.4 Å². The fourth-order valence-corrected chi connectivity index (χ4v) is 8.67. The second-order valence-corrected chi connectivity index (χ2v) is 15.7. The van der Waals surface area contributed by atoms with Crippen LogP contribution in [0.15, 0.2) is 33.7 Å². The number of aromatic amines is 2. The molecule has 12 heteroatoms. The molecule has 2 amide bonds. The highest BCUT2D eigenvalue weighted by Gasteiger charge is 2.30. The van der Waals surface area contributed by atoms with E-state index in [2.05, 4.69) is 34.4 Å². The van der Waals surface area contributed by atoms with E-state index in [1.54, 1.807) is 23.5 Å². The first kappa shape index (κ1) is 37.9. The van der Waals surface area contributed by atoms with E-state index in [1.165, 1.54) is 0 Å². The van der Waals surface area contributed by atoms with E-state index in [0.29, 0.717) is 30.7 Å². The van der Waals surface area contributed by atoms with Crippen molar-refractivity contribution in [1.29, 1.82) is 0 Å². The summed E-state index contributed by atoms with van der Waals surface area (Å²) < 4.78 is 0. The number of carboxylic acids is 2. The number of hydrogen-bond donors (Lipinski definition) is 6. The van der Waals surface area contributed by atoms with Gasteiger partial charge in [-0.25, -0.2) is 0 Å². The van der Waals surface area contributed by atoms with Gasteiger partial charge < -0.3 is 30.8 Å². The zero-order chi connectivity index (χ0) is 36.2. The zero-order valence-electron chi connectivity index (χ0n) is 29.6. The minimum Gasteiger partial charge on any atom is -0.481 e. The number of aliphatic carboxylic acids is 2. The van der Waals surface area contributed by atoms with Crippen molar-refractivity contribution in [3.63, 3.8) is 0 Å². The van der Waals surface area contributed by atoms with Crippen molar-refractivity contribution in [3.05, 3.63) is 78.7 Å². The molecule has 4 rings (SSSR count). The second kappa shape index (κ2) is 16.2. The molecule has 0 aliphatic carbocycles. The Balaban J connectivity index is 1.79. The summed E-state index contributed by atoms with van der Waals surface area (Å²) in [4.78, 5) is 56.2. The first-order valence-corrected chi connectivity index (χ1v) is 18.8. The normalized spacial score (nSPS) is 17.8. The molecule has 0 spiro atoms. The highest BCUT2D eigenvalue weighted by atomic mass is 32.2. The van der Waals surface area contributed by atoms with Gasteiger partial charge in [-0.1, -0.05) is 13.8 Å². The Kier molecular flexibility index (Phi) is 12.5. The number of carbonyl (C=O) groups excluding carboxylic acids is 2. The number of carbonyl (C=O) groups is 4. The Morgan fingerprint density at radius 2 is 1.06 bits per heavy atom. The summed E-state index contributed by atoms with van der Waals surface area (Å²) in [5, 5.41) is 25.3. The molecule has 2 unspecified atom stereocenters. The highest BCUT2D eigenvalue weighted by molar-refractivity contribution is 8.00. The molecule has 0 radical (unpaired) electrons. The summed E-state index contributed by atoms with van der Waals surface area (Å²) in [5.74, 6) is -0.224. The monoisotopic (exact) mass is 708 g/mol. The van der Waals surface area contributed by atoms with Crippen LogP contribution >= 0.6 is 23.5 Å². The fourth-order valence-electron chi connectivity index (χ4n) is 6.77. The summed E-state index contributed by atoms with van der Waals surface area (Å²) in [5.41, 5.74) is 11.5. The molecule has 4 heterocycles. The Labute approximate surface area is 296 Å². The maximum atomic E-state index is 12.9. The van der Waals surface area contributed by atoms with Crippen LogP contribution in [-0.2, 0) is 38.4 Å². The molecule has 0 fully saturated rings. The minimum absolute atomic E-state index is 0.0499. The molecule has 0 saturated heterocycles. The third kappa shape index (κ3) is 8.46. The SMILES string of the molecule is CCSC(C)C1=C(C)/C(=C/c2[nH]c(Cc3[nH]c(/C=C4\NC(=O)C(C(C)SCC)=C4C)c(C)c3CCC(=O)O)c(CCC(=O)O)c2C)NC1=O. The molecule has 0 saturated carbocycles. The quantitative estimate of drug-likeness (QED) is 0.116. The van der Waals surface area contributed by atoms with Crippen molar-refractivity contribution in [3.8, 4) is 0 Å². The standard InChI is InChI=1S/C37H48N4O6S2/c1-9-48-22(7)34-20(5)28(40-36(34)46)15-26-18(3)24(11-13-32(42)43)30(38-26)17-31-25(12-14-33(44)45)19(4)27(39-31)16-29-21(6)35(37(47)41-29)23(8)49-10-2/h15-16,22-23,38-39H,9-14,17H2,1-8H3,(H,40,46)(H,41,47)(H,42,43)(H,44,45)/b28-15-,29-16-. The first-order chi connectivity index (χ1) is 23.2. The lowest BCUT2D eigenvalue weighted by Gasteiger charge is -2.09. The molecule has 0 aromatic carbocycles. The molecule has 2 atom stereocenters. The molecule has 2 aliphatic rings. The number of thioether (sulfide) groups is 2. The van der Waals surface area contributed by atoms with Crippen LogP contribution in [-0.4, -0.2) is 65.9 Å². The van der Waals surface area contributed by atoms with Crippen LogP contribution in [0, 0.1) is 13.8 Å². The number of carboxylic acid groups (broad SMARTS) is 2. The van der Waals surface area contributed by atoms with Crippen molar-refractivity contribution in [2.45, 2.75) is 98.0 Å². The minimum atomic E-state index is -0.903. The van der Waals surface area contributed by atoms with Crippen LogP contribution in [0.4, 0.5) is 0 Å². The highest BCUT2D eigenvalue weighted by Crippen LogP contribution is 2.34. The number of allylic oxidation sites excluding steroid dienone is 2. The first-order valence-electron chi connectivity index (χ1n) is 16.7. The van der Waals surface area contributed by atoms with Gasteiger partial charge in [0.25, 0.3) is 11.8 Å². The van der Waals surface area contributed by atoms with Gasteiger partial charge in [-0.3, -0.25) is 19.2 Å². The van der Waals surface area contributed by atoms with Gasteiger partial charge in [0.05, 0.1) is 0 Å². The Bertz CT molecular complexity index is 1660. The molecule has 49 heavy (non-hydrogen) atoms. The molecule has 2 aromatic rings. The second-order valence-electron chi connectivity index (χ2n) is 12.5. The Morgan fingerprint density at radius 1 is 0.694 bits per heavy atom. The summed E-state index contributed by atoms with van der Waals surface area (Å²) in [6, 6.07) is 0. The van der Waals surface area contributed by atoms with Crippen LogP contribution in [0.2, 0.25) is 0 Å². The molecule has 2 aromatic heterocycles. The van der Waals surface area contributed by atoms with Gasteiger partial charge >= 0.3 is 11.9 Å². The summed E-state index contributed by atoms with van der Waals surface area (Å²) in [6.07, 6.45) is 4.72. The maximum absolute atomic E-state index is 12.9. The van der Waals surface area contributed by atoms with Gasteiger partial charge in [-0.15, -0.1) is 0 Å².